The molecule has 0 bridgehead atoms. The predicted octanol–water partition coefficient (Wildman–Crippen LogP) is 2.36. The number of carbonyl (C=O) groups excluding carboxylic acids is 2. The molecule has 1 atom stereocenters. The normalized spacial score (nSPS) is 17.4. The lowest BCUT2D eigenvalue weighted by Crippen LogP contribution is -2.52. The number of amides is 2. The minimum absolute atomic E-state index is 0. The van der Waals surface area contributed by atoms with Crippen LogP contribution in [0.2, 0.25) is 5.02 Å². The van der Waals surface area contributed by atoms with Crippen molar-refractivity contribution in [1.82, 2.24) is 10.6 Å². The number of carbonyl (C=O) groups is 2. The number of benzene rings is 1. The van der Waals surface area contributed by atoms with E-state index in [1.807, 2.05) is 0 Å². The van der Waals surface area contributed by atoms with E-state index in [9.17, 15) is 9.59 Å². The Hall–Kier alpha value is -1.30. The van der Waals surface area contributed by atoms with E-state index in [4.69, 9.17) is 17.3 Å². The number of nitrogens with two attached hydrogens (primary N) is 1. The molecule has 1 saturated heterocycles. The molecular weight excluding hydrogens is 349 g/mol. The number of hydrogen-bond acceptors (Lipinski definition) is 3. The zero-order chi connectivity index (χ0) is 16.9. The van der Waals surface area contributed by atoms with Gasteiger partial charge in [0, 0.05) is 11.4 Å². The molecule has 2 amide bonds. The van der Waals surface area contributed by atoms with E-state index in [-0.39, 0.29) is 18.3 Å². The maximum Gasteiger partial charge on any atom is 0.247 e. The Bertz CT molecular complexity index is 577. The molecule has 5 nitrogen and oxygen atoms in total. The first-order valence-corrected chi connectivity index (χ1v) is 8.37. The van der Waals surface area contributed by atoms with Crippen LogP contribution in [0.1, 0.15) is 38.2 Å². The summed E-state index contributed by atoms with van der Waals surface area (Å²) < 4.78 is 0. The SMILES string of the molecule is CC(NC(=O)CCC1CCNCC1)(C(N)=O)c1cccc(Cl)c1.Cl. The van der Waals surface area contributed by atoms with Gasteiger partial charge >= 0.3 is 0 Å². The lowest BCUT2D eigenvalue weighted by molar-refractivity contribution is -0.131. The second-order valence-electron chi connectivity index (χ2n) is 6.28. The molecule has 0 saturated carbocycles. The Kier molecular flexibility index (Phi) is 8.00. The molecule has 4 N–H and O–H groups in total. The second-order valence-corrected chi connectivity index (χ2v) is 6.72. The molecule has 1 aromatic rings. The molecule has 7 heteroatoms. The number of piperidine rings is 1. The van der Waals surface area contributed by atoms with Crippen molar-refractivity contribution in [2.75, 3.05) is 13.1 Å². The lowest BCUT2D eigenvalue weighted by atomic mass is 9.90. The van der Waals surface area contributed by atoms with Crippen molar-refractivity contribution in [2.45, 2.75) is 38.1 Å². The maximum atomic E-state index is 12.3. The standard InChI is InChI=1S/C17H24ClN3O2.ClH/c1-17(16(19)23,13-3-2-4-14(18)11-13)21-15(22)6-5-12-7-9-20-10-8-12;/h2-4,11-12,20H,5-10H2,1H3,(H2,19,23)(H,21,22);1H. The van der Waals surface area contributed by atoms with Crippen LogP contribution in [0.3, 0.4) is 0 Å². The fourth-order valence-electron chi connectivity index (χ4n) is 2.92. The van der Waals surface area contributed by atoms with Crippen LogP contribution >= 0.6 is 24.0 Å². The topological polar surface area (TPSA) is 84.2 Å². The molecular formula is C17H25Cl2N3O2. The third-order valence-corrected chi connectivity index (χ3v) is 4.76. The third kappa shape index (κ3) is 5.36. The number of primary amides is 1. The molecule has 1 aliphatic heterocycles. The van der Waals surface area contributed by atoms with Crippen molar-refractivity contribution in [3.05, 3.63) is 34.9 Å². The van der Waals surface area contributed by atoms with Gasteiger partial charge in [-0.2, -0.15) is 0 Å². The van der Waals surface area contributed by atoms with Gasteiger partial charge in [-0.05, 0) is 62.9 Å². The summed E-state index contributed by atoms with van der Waals surface area (Å²) in [7, 11) is 0. The largest absolute Gasteiger partial charge is 0.367 e. The minimum Gasteiger partial charge on any atom is -0.367 e. The lowest BCUT2D eigenvalue weighted by Gasteiger charge is -2.29. The minimum atomic E-state index is -1.25. The van der Waals surface area contributed by atoms with Gasteiger partial charge < -0.3 is 16.4 Å². The fourth-order valence-corrected chi connectivity index (χ4v) is 3.11. The summed E-state index contributed by atoms with van der Waals surface area (Å²) in [5.41, 5.74) is 4.87. The molecule has 1 aliphatic rings. The van der Waals surface area contributed by atoms with Crippen molar-refractivity contribution in [3.63, 3.8) is 0 Å². The summed E-state index contributed by atoms with van der Waals surface area (Å²) in [5.74, 6) is -0.201. The highest BCUT2D eigenvalue weighted by molar-refractivity contribution is 6.30. The number of nitrogens with one attached hydrogen (secondary N) is 2. The van der Waals surface area contributed by atoms with Crippen LogP contribution in [0.15, 0.2) is 24.3 Å². The van der Waals surface area contributed by atoms with Crippen LogP contribution in [0.5, 0.6) is 0 Å². The van der Waals surface area contributed by atoms with Crippen LogP contribution in [-0.2, 0) is 15.1 Å². The summed E-state index contributed by atoms with van der Waals surface area (Å²) in [4.78, 5) is 24.2. The average Bonchev–Trinajstić information content (AvgIpc) is 2.53. The third-order valence-electron chi connectivity index (χ3n) is 4.52. The van der Waals surface area contributed by atoms with E-state index in [0.29, 0.717) is 22.9 Å². The smallest absolute Gasteiger partial charge is 0.247 e. The maximum absolute atomic E-state index is 12.3. The molecule has 0 aliphatic carbocycles. The highest BCUT2D eigenvalue weighted by Gasteiger charge is 2.35. The zero-order valence-electron chi connectivity index (χ0n) is 13.8. The average molecular weight is 374 g/mol. The Morgan fingerprint density at radius 3 is 2.62 bits per heavy atom. The molecule has 1 aromatic carbocycles. The quantitative estimate of drug-likeness (QED) is 0.715. The highest BCUT2D eigenvalue weighted by Crippen LogP contribution is 2.24. The van der Waals surface area contributed by atoms with E-state index in [1.54, 1.807) is 31.2 Å². The van der Waals surface area contributed by atoms with Crippen molar-refractivity contribution >= 4 is 35.8 Å². The van der Waals surface area contributed by atoms with Gasteiger partial charge in [-0.25, -0.2) is 0 Å². The predicted molar refractivity (Wildman–Crippen MR) is 98.2 cm³/mol. The Labute approximate surface area is 154 Å². The number of hydrogen-bond donors (Lipinski definition) is 3. The van der Waals surface area contributed by atoms with Gasteiger partial charge in [0.2, 0.25) is 11.8 Å². The molecule has 1 fully saturated rings. The van der Waals surface area contributed by atoms with Crippen molar-refractivity contribution < 1.29 is 9.59 Å². The van der Waals surface area contributed by atoms with Crippen LogP contribution in [0.4, 0.5) is 0 Å². The second kappa shape index (κ2) is 9.25. The van der Waals surface area contributed by atoms with Gasteiger partial charge in [-0.15, -0.1) is 12.4 Å². The van der Waals surface area contributed by atoms with E-state index in [1.165, 1.54) is 0 Å². The van der Waals surface area contributed by atoms with Gasteiger partial charge in [0.25, 0.3) is 0 Å². The van der Waals surface area contributed by atoms with Crippen molar-refractivity contribution in [1.29, 1.82) is 0 Å². The first kappa shape index (κ1) is 20.7. The van der Waals surface area contributed by atoms with E-state index in [2.05, 4.69) is 10.6 Å². The van der Waals surface area contributed by atoms with E-state index < -0.39 is 11.4 Å². The Morgan fingerprint density at radius 2 is 2.04 bits per heavy atom. The summed E-state index contributed by atoms with van der Waals surface area (Å²) in [6, 6.07) is 6.84. The first-order valence-electron chi connectivity index (χ1n) is 7.99. The fraction of sp³-hybridized carbons (Fsp3) is 0.529. The van der Waals surface area contributed by atoms with E-state index >= 15 is 0 Å². The van der Waals surface area contributed by atoms with Gasteiger partial charge in [-0.3, -0.25) is 9.59 Å². The molecule has 1 heterocycles. The molecule has 0 radical (unpaired) electrons. The first-order chi connectivity index (χ1) is 10.9. The summed E-state index contributed by atoms with van der Waals surface area (Å²) >= 11 is 5.98. The van der Waals surface area contributed by atoms with Crippen LogP contribution in [-0.4, -0.2) is 24.9 Å². The summed E-state index contributed by atoms with van der Waals surface area (Å²) in [6.07, 6.45) is 3.41. The number of halogens is 2. The summed E-state index contributed by atoms with van der Waals surface area (Å²) in [6.45, 7) is 3.63. The van der Waals surface area contributed by atoms with Gasteiger partial charge in [-0.1, -0.05) is 23.7 Å². The van der Waals surface area contributed by atoms with Gasteiger partial charge in [0.15, 0.2) is 0 Å². The Balaban J connectivity index is 0.00000288. The molecule has 24 heavy (non-hydrogen) atoms. The van der Waals surface area contributed by atoms with E-state index in [0.717, 1.165) is 32.4 Å². The van der Waals surface area contributed by atoms with Crippen LogP contribution < -0.4 is 16.4 Å². The van der Waals surface area contributed by atoms with Gasteiger partial charge in [0.05, 0.1) is 0 Å². The van der Waals surface area contributed by atoms with Crippen LogP contribution in [0.25, 0.3) is 0 Å². The van der Waals surface area contributed by atoms with Gasteiger partial charge in [0.1, 0.15) is 5.54 Å². The number of rotatable bonds is 6. The molecule has 0 aromatic heterocycles. The molecule has 0 spiro atoms. The molecule has 2 rings (SSSR count). The molecule has 1 unspecified atom stereocenters. The monoisotopic (exact) mass is 373 g/mol. The van der Waals surface area contributed by atoms with Crippen molar-refractivity contribution in [3.8, 4) is 0 Å². The van der Waals surface area contributed by atoms with Crippen molar-refractivity contribution in [2.24, 2.45) is 11.7 Å². The van der Waals surface area contributed by atoms with Crippen LogP contribution in [0, 0.1) is 5.92 Å². The highest BCUT2D eigenvalue weighted by atomic mass is 35.5. The summed E-state index contributed by atoms with van der Waals surface area (Å²) in [5, 5.41) is 6.60. The zero-order valence-corrected chi connectivity index (χ0v) is 15.4. The Morgan fingerprint density at radius 1 is 1.38 bits per heavy atom. The molecule has 134 valence electrons.